The molecule has 2 heterocycles. The molecule has 3 rings (SSSR count). The standard InChI is InChI=1S/C15H21N3O3S/c1-15(2,3)21-14(20)18-6-8-9(7-18)12(8)10-5-11(19)17-13(16-10)22-4/h5,8-9,12H,6-7H2,1-4H3,(H,16,17,19)/t8-,9+,12+. The van der Waals surface area contributed by atoms with Crippen molar-refractivity contribution in [3.05, 3.63) is 11.8 Å². The summed E-state index contributed by atoms with van der Waals surface area (Å²) in [7, 11) is 0. The fourth-order valence-corrected chi connectivity index (χ4v) is 3.51. The van der Waals surface area contributed by atoms with Crippen LogP contribution in [0.2, 0.25) is 0 Å². The second-order valence-corrected chi connectivity index (χ2v) is 7.65. The summed E-state index contributed by atoms with van der Waals surface area (Å²) in [6.07, 6.45) is 1.64. The summed E-state index contributed by atoms with van der Waals surface area (Å²) in [5.41, 5.74) is 0.422. The lowest BCUT2D eigenvalue weighted by atomic mass is 10.2. The van der Waals surface area contributed by atoms with E-state index >= 15 is 0 Å². The molecule has 6 nitrogen and oxygen atoms in total. The summed E-state index contributed by atoms with van der Waals surface area (Å²) < 4.78 is 5.41. The summed E-state index contributed by atoms with van der Waals surface area (Å²) >= 11 is 1.42. The highest BCUT2D eigenvalue weighted by Crippen LogP contribution is 2.58. The van der Waals surface area contributed by atoms with Gasteiger partial charge in [0.25, 0.3) is 0 Å². The van der Waals surface area contributed by atoms with Crippen LogP contribution < -0.4 is 0 Å². The van der Waals surface area contributed by atoms with E-state index in [0.29, 0.717) is 36.0 Å². The first-order valence-corrected chi connectivity index (χ1v) is 8.61. The molecule has 22 heavy (non-hydrogen) atoms. The van der Waals surface area contributed by atoms with E-state index < -0.39 is 5.60 Å². The van der Waals surface area contributed by atoms with Gasteiger partial charge in [0, 0.05) is 25.1 Å². The minimum atomic E-state index is -0.463. The summed E-state index contributed by atoms with van der Waals surface area (Å²) in [5.74, 6) is 1.16. The van der Waals surface area contributed by atoms with Crippen LogP contribution in [0.1, 0.15) is 32.4 Å². The molecule has 1 aliphatic heterocycles. The molecule has 1 amide bonds. The van der Waals surface area contributed by atoms with Crippen LogP contribution in [0.5, 0.6) is 5.88 Å². The number of likely N-dealkylation sites (tertiary alicyclic amines) is 1. The lowest BCUT2D eigenvalue weighted by Crippen LogP contribution is -2.36. The van der Waals surface area contributed by atoms with E-state index in [0.717, 1.165) is 5.69 Å². The summed E-state index contributed by atoms with van der Waals surface area (Å²) in [5, 5.41) is 10.3. The van der Waals surface area contributed by atoms with Crippen LogP contribution in [-0.2, 0) is 4.74 Å². The van der Waals surface area contributed by atoms with Gasteiger partial charge >= 0.3 is 6.09 Å². The topological polar surface area (TPSA) is 75.6 Å². The normalized spacial score (nSPS) is 26.7. The van der Waals surface area contributed by atoms with Crippen molar-refractivity contribution in [2.45, 2.75) is 37.4 Å². The van der Waals surface area contributed by atoms with Gasteiger partial charge in [0.15, 0.2) is 5.16 Å². The maximum atomic E-state index is 12.1. The van der Waals surface area contributed by atoms with E-state index in [1.54, 1.807) is 11.0 Å². The molecule has 1 aromatic heterocycles. The molecular weight excluding hydrogens is 302 g/mol. The molecule has 1 aromatic rings. The van der Waals surface area contributed by atoms with Gasteiger partial charge in [-0.15, -0.1) is 0 Å². The Morgan fingerprint density at radius 3 is 2.55 bits per heavy atom. The zero-order chi connectivity index (χ0) is 16.1. The molecule has 1 aliphatic carbocycles. The molecule has 1 saturated carbocycles. The molecule has 120 valence electrons. The van der Waals surface area contributed by atoms with E-state index in [4.69, 9.17) is 4.74 Å². The number of aromatic hydroxyl groups is 1. The Morgan fingerprint density at radius 2 is 2.00 bits per heavy atom. The van der Waals surface area contributed by atoms with Gasteiger partial charge in [0.1, 0.15) is 5.60 Å². The molecule has 7 heteroatoms. The maximum Gasteiger partial charge on any atom is 0.410 e. The van der Waals surface area contributed by atoms with Crippen molar-refractivity contribution < 1.29 is 14.6 Å². The molecule has 0 unspecified atom stereocenters. The van der Waals surface area contributed by atoms with Gasteiger partial charge in [-0.1, -0.05) is 11.8 Å². The third-order valence-corrected chi connectivity index (χ3v) is 4.63. The van der Waals surface area contributed by atoms with E-state index in [9.17, 15) is 9.90 Å². The Balaban J connectivity index is 1.63. The summed E-state index contributed by atoms with van der Waals surface area (Å²) in [6, 6.07) is 1.64. The van der Waals surface area contributed by atoms with Crippen LogP contribution >= 0.6 is 11.8 Å². The number of hydrogen-bond donors (Lipinski definition) is 1. The lowest BCUT2D eigenvalue weighted by Gasteiger charge is -2.25. The molecule has 0 aromatic carbocycles. The van der Waals surface area contributed by atoms with Crippen molar-refractivity contribution in [1.82, 2.24) is 14.9 Å². The molecule has 0 bridgehead atoms. The van der Waals surface area contributed by atoms with Crippen LogP contribution in [0.3, 0.4) is 0 Å². The van der Waals surface area contributed by atoms with Crippen LogP contribution in [-0.4, -0.2) is 51.0 Å². The molecule has 0 spiro atoms. The zero-order valence-electron chi connectivity index (χ0n) is 13.2. The molecule has 2 aliphatic rings. The number of fused-ring (bicyclic) bond motifs is 1. The van der Waals surface area contributed by atoms with Crippen molar-refractivity contribution in [3.8, 4) is 5.88 Å². The van der Waals surface area contributed by atoms with Crippen molar-refractivity contribution >= 4 is 17.9 Å². The van der Waals surface area contributed by atoms with E-state index in [1.807, 2.05) is 27.0 Å². The lowest BCUT2D eigenvalue weighted by molar-refractivity contribution is 0.0270. The average molecular weight is 323 g/mol. The van der Waals surface area contributed by atoms with Gasteiger partial charge in [-0.2, -0.15) is 4.98 Å². The van der Waals surface area contributed by atoms with E-state index in [2.05, 4.69) is 9.97 Å². The number of nitrogens with zero attached hydrogens (tertiary/aromatic N) is 3. The first kappa shape index (κ1) is 15.4. The Kier molecular flexibility index (Phi) is 3.71. The molecule has 3 atom stereocenters. The number of piperidine rings is 1. The fraction of sp³-hybridized carbons (Fsp3) is 0.667. The number of carbonyl (C=O) groups is 1. The highest BCUT2D eigenvalue weighted by Gasteiger charge is 2.58. The second-order valence-electron chi connectivity index (χ2n) is 6.88. The Labute approximate surface area is 134 Å². The van der Waals surface area contributed by atoms with Crippen molar-refractivity contribution in [1.29, 1.82) is 0 Å². The van der Waals surface area contributed by atoms with Gasteiger partial charge in [-0.3, -0.25) is 0 Å². The van der Waals surface area contributed by atoms with Gasteiger partial charge in [-0.05, 0) is 38.9 Å². The minimum Gasteiger partial charge on any atom is -0.493 e. The van der Waals surface area contributed by atoms with E-state index in [-0.39, 0.29) is 12.0 Å². The Hall–Kier alpha value is -1.50. The number of aromatic nitrogens is 2. The van der Waals surface area contributed by atoms with Crippen LogP contribution in [0.15, 0.2) is 11.2 Å². The fourth-order valence-electron chi connectivity index (χ4n) is 3.13. The van der Waals surface area contributed by atoms with Gasteiger partial charge < -0.3 is 14.7 Å². The molecular formula is C15H21N3O3S. The predicted molar refractivity (Wildman–Crippen MR) is 83.0 cm³/mol. The zero-order valence-corrected chi connectivity index (χ0v) is 14.1. The average Bonchev–Trinajstić information content (AvgIpc) is 2.90. The monoisotopic (exact) mass is 323 g/mol. The summed E-state index contributed by atoms with van der Waals surface area (Å²) in [4.78, 5) is 22.3. The first-order valence-electron chi connectivity index (χ1n) is 7.38. The minimum absolute atomic E-state index is 0.0170. The molecule has 1 N–H and O–H groups in total. The van der Waals surface area contributed by atoms with Gasteiger partial charge in [0.05, 0.1) is 5.69 Å². The number of carbonyl (C=O) groups excluding carboxylic acids is 1. The highest BCUT2D eigenvalue weighted by molar-refractivity contribution is 7.98. The quantitative estimate of drug-likeness (QED) is 0.666. The predicted octanol–water partition coefficient (Wildman–Crippen LogP) is 2.48. The third kappa shape index (κ3) is 2.99. The van der Waals surface area contributed by atoms with Gasteiger partial charge in [0.2, 0.25) is 5.88 Å². The van der Waals surface area contributed by atoms with Crippen molar-refractivity contribution in [2.75, 3.05) is 19.3 Å². The SMILES string of the molecule is CSc1nc(O)cc([C@H]2[C@@H]3CN(C(=O)OC(C)(C)C)C[C@@H]32)n1. The Bertz CT molecular complexity index is 590. The largest absolute Gasteiger partial charge is 0.493 e. The van der Waals surface area contributed by atoms with Crippen molar-refractivity contribution in [3.63, 3.8) is 0 Å². The number of ether oxygens (including phenoxy) is 1. The van der Waals surface area contributed by atoms with Gasteiger partial charge in [-0.25, -0.2) is 9.78 Å². The van der Waals surface area contributed by atoms with Crippen LogP contribution in [0.4, 0.5) is 4.79 Å². The Morgan fingerprint density at radius 1 is 1.36 bits per heavy atom. The third-order valence-electron chi connectivity index (χ3n) is 4.08. The molecule has 1 saturated heterocycles. The van der Waals surface area contributed by atoms with Crippen LogP contribution in [0.25, 0.3) is 0 Å². The first-order chi connectivity index (χ1) is 10.3. The molecule has 0 radical (unpaired) electrons. The number of amides is 1. The summed E-state index contributed by atoms with van der Waals surface area (Å²) in [6.45, 7) is 7.02. The smallest absolute Gasteiger partial charge is 0.410 e. The number of hydrogen-bond acceptors (Lipinski definition) is 6. The molecule has 2 fully saturated rings. The van der Waals surface area contributed by atoms with E-state index in [1.165, 1.54) is 11.8 Å². The van der Waals surface area contributed by atoms with Crippen molar-refractivity contribution in [2.24, 2.45) is 11.8 Å². The maximum absolute atomic E-state index is 12.1. The number of thioether (sulfide) groups is 1. The van der Waals surface area contributed by atoms with Crippen LogP contribution in [0, 0.1) is 11.8 Å². The highest BCUT2D eigenvalue weighted by atomic mass is 32.2. The second kappa shape index (κ2) is 5.30. The number of rotatable bonds is 2.